The van der Waals surface area contributed by atoms with E-state index in [4.69, 9.17) is 0 Å². The van der Waals surface area contributed by atoms with E-state index in [1.165, 1.54) is 0 Å². The first kappa shape index (κ1) is 20.6. The van der Waals surface area contributed by atoms with Crippen LogP contribution in [0, 0.1) is 13.8 Å². The second kappa shape index (κ2) is 8.48. The van der Waals surface area contributed by atoms with E-state index in [1.54, 1.807) is 24.3 Å². The average Bonchev–Trinajstić information content (AvgIpc) is 2.93. The number of para-hydroxylation sites is 1. The molecule has 1 aromatic heterocycles. The third-order valence-corrected chi connectivity index (χ3v) is 4.90. The normalized spacial score (nSPS) is 11.3. The Morgan fingerprint density at radius 3 is 2.52 bits per heavy atom. The molecule has 0 aliphatic carbocycles. The number of nitrogens with one attached hydrogen (secondary N) is 2. The average molecular weight is 413 g/mol. The Morgan fingerprint density at radius 1 is 1.07 bits per heavy atom. The molecular formula is C21H24N4O3S. The monoisotopic (exact) mass is 412 g/mol. The molecule has 0 bridgehead atoms. The van der Waals surface area contributed by atoms with Gasteiger partial charge in [-0.1, -0.05) is 30.3 Å². The predicted octanol–water partition coefficient (Wildman–Crippen LogP) is 3.10. The molecule has 0 saturated heterocycles. The lowest BCUT2D eigenvalue weighted by Crippen LogP contribution is -2.17. The summed E-state index contributed by atoms with van der Waals surface area (Å²) in [6, 6.07) is 16.5. The summed E-state index contributed by atoms with van der Waals surface area (Å²) < 4.78 is 27.4. The van der Waals surface area contributed by atoms with E-state index in [9.17, 15) is 13.2 Å². The van der Waals surface area contributed by atoms with Gasteiger partial charge in [-0.3, -0.25) is 14.2 Å². The molecule has 8 heteroatoms. The molecule has 1 amide bonds. The molecule has 2 N–H and O–H groups in total. The molecule has 0 radical (unpaired) electrons. The first-order chi connectivity index (χ1) is 13.7. The van der Waals surface area contributed by atoms with Crippen molar-refractivity contribution in [2.45, 2.75) is 26.8 Å². The van der Waals surface area contributed by atoms with Crippen LogP contribution >= 0.6 is 0 Å². The maximum atomic E-state index is 12.5. The highest BCUT2D eigenvalue weighted by atomic mass is 32.2. The van der Waals surface area contributed by atoms with Crippen molar-refractivity contribution in [2.75, 3.05) is 16.3 Å². The molecule has 29 heavy (non-hydrogen) atoms. The largest absolute Gasteiger partial charge is 0.326 e. The molecule has 2 aromatic carbocycles. The lowest BCUT2D eigenvalue weighted by atomic mass is 10.1. The highest BCUT2D eigenvalue weighted by Crippen LogP contribution is 2.18. The number of aromatic nitrogens is 2. The van der Waals surface area contributed by atoms with Gasteiger partial charge in [-0.15, -0.1) is 0 Å². The summed E-state index contributed by atoms with van der Waals surface area (Å²) in [4.78, 5) is 12.5. The maximum Gasteiger partial charge on any atom is 0.229 e. The van der Waals surface area contributed by atoms with E-state index in [1.807, 2.05) is 48.9 Å². The second-order valence-corrected chi connectivity index (χ2v) is 8.79. The zero-order valence-corrected chi connectivity index (χ0v) is 17.5. The number of amides is 1. The second-order valence-electron chi connectivity index (χ2n) is 7.04. The quantitative estimate of drug-likeness (QED) is 0.624. The lowest BCUT2D eigenvalue weighted by molar-refractivity contribution is -0.115. The van der Waals surface area contributed by atoms with Crippen molar-refractivity contribution in [3.05, 3.63) is 77.1 Å². The van der Waals surface area contributed by atoms with E-state index in [0.717, 1.165) is 23.2 Å². The van der Waals surface area contributed by atoms with Gasteiger partial charge in [0.2, 0.25) is 15.9 Å². The van der Waals surface area contributed by atoms with Gasteiger partial charge in [0.05, 0.1) is 30.6 Å². The third kappa shape index (κ3) is 5.92. The molecule has 0 atom stereocenters. The van der Waals surface area contributed by atoms with E-state index in [2.05, 4.69) is 15.1 Å². The molecule has 152 valence electrons. The van der Waals surface area contributed by atoms with Gasteiger partial charge in [0.25, 0.3) is 0 Å². The number of nitrogens with zero attached hydrogens (tertiary/aromatic N) is 2. The lowest BCUT2D eigenvalue weighted by Gasteiger charge is -2.12. The topological polar surface area (TPSA) is 93.1 Å². The summed E-state index contributed by atoms with van der Waals surface area (Å²) in [5.74, 6) is -0.226. The smallest absolute Gasteiger partial charge is 0.229 e. The van der Waals surface area contributed by atoms with Gasteiger partial charge in [0.1, 0.15) is 0 Å². The number of hydrogen-bond acceptors (Lipinski definition) is 4. The van der Waals surface area contributed by atoms with Gasteiger partial charge in [0, 0.05) is 11.4 Å². The number of carbonyl (C=O) groups excluding carboxylic acids is 1. The van der Waals surface area contributed by atoms with Gasteiger partial charge in [-0.25, -0.2) is 8.42 Å². The molecule has 0 aliphatic rings. The molecule has 0 saturated carbocycles. The van der Waals surface area contributed by atoms with Gasteiger partial charge in [-0.05, 0) is 49.2 Å². The van der Waals surface area contributed by atoms with Crippen molar-refractivity contribution in [3.63, 3.8) is 0 Å². The summed E-state index contributed by atoms with van der Waals surface area (Å²) in [6.45, 7) is 4.58. The molecule has 7 nitrogen and oxygen atoms in total. The number of aryl methyl sites for hydroxylation is 2. The van der Waals surface area contributed by atoms with Crippen molar-refractivity contribution in [1.29, 1.82) is 0 Å². The molecule has 0 aliphatic heterocycles. The van der Waals surface area contributed by atoms with Gasteiger partial charge in [-0.2, -0.15) is 5.10 Å². The molecule has 0 fully saturated rings. The van der Waals surface area contributed by atoms with Crippen LogP contribution in [0.2, 0.25) is 0 Å². The van der Waals surface area contributed by atoms with E-state index in [-0.39, 0.29) is 12.3 Å². The molecule has 0 unspecified atom stereocenters. The minimum Gasteiger partial charge on any atom is -0.326 e. The van der Waals surface area contributed by atoms with Gasteiger partial charge in [0.15, 0.2) is 0 Å². The highest BCUT2D eigenvalue weighted by molar-refractivity contribution is 7.92. The van der Waals surface area contributed by atoms with Gasteiger partial charge >= 0.3 is 0 Å². The van der Waals surface area contributed by atoms with Crippen molar-refractivity contribution in [2.24, 2.45) is 0 Å². The third-order valence-electron chi connectivity index (χ3n) is 4.31. The SMILES string of the molecule is Cc1cc(C)n(Cc2cccc(NC(=O)Cc3ccccc3NS(C)(=O)=O)c2)n1. The van der Waals surface area contributed by atoms with E-state index >= 15 is 0 Å². The standard InChI is InChI=1S/C21H24N4O3S/c1-15-11-16(2)25(23-15)14-17-7-6-9-19(12-17)22-21(26)13-18-8-4-5-10-20(18)24-29(3,27)28/h4-12,24H,13-14H2,1-3H3,(H,22,26). The fourth-order valence-electron chi connectivity index (χ4n) is 3.11. The van der Waals surface area contributed by atoms with Crippen LogP contribution in [0.1, 0.15) is 22.5 Å². The van der Waals surface area contributed by atoms with Crippen LogP contribution in [0.3, 0.4) is 0 Å². The van der Waals surface area contributed by atoms with Crippen LogP contribution in [0.25, 0.3) is 0 Å². The van der Waals surface area contributed by atoms with Crippen LogP contribution in [0.4, 0.5) is 11.4 Å². The maximum absolute atomic E-state index is 12.5. The Hall–Kier alpha value is -3.13. The number of sulfonamides is 1. The minimum absolute atomic E-state index is 0.0559. The predicted molar refractivity (Wildman–Crippen MR) is 114 cm³/mol. The zero-order chi connectivity index (χ0) is 21.0. The Morgan fingerprint density at radius 2 is 1.83 bits per heavy atom. The number of anilines is 2. The molecule has 0 spiro atoms. The molecular weight excluding hydrogens is 388 g/mol. The number of carbonyl (C=O) groups is 1. The van der Waals surface area contributed by atoms with Crippen molar-refractivity contribution < 1.29 is 13.2 Å². The van der Waals surface area contributed by atoms with Crippen molar-refractivity contribution in [1.82, 2.24) is 9.78 Å². The summed E-state index contributed by atoms with van der Waals surface area (Å²) in [5, 5.41) is 7.34. The van der Waals surface area contributed by atoms with Crippen molar-refractivity contribution in [3.8, 4) is 0 Å². The Bertz CT molecular complexity index is 1140. The summed E-state index contributed by atoms with van der Waals surface area (Å²) >= 11 is 0. The fraction of sp³-hybridized carbons (Fsp3) is 0.238. The number of hydrogen-bond donors (Lipinski definition) is 2. The van der Waals surface area contributed by atoms with E-state index in [0.29, 0.717) is 23.5 Å². The van der Waals surface area contributed by atoms with E-state index < -0.39 is 10.0 Å². The Balaban J connectivity index is 1.70. The highest BCUT2D eigenvalue weighted by Gasteiger charge is 2.11. The fourth-order valence-corrected chi connectivity index (χ4v) is 3.71. The van der Waals surface area contributed by atoms with Crippen LogP contribution in [-0.4, -0.2) is 30.4 Å². The number of benzene rings is 2. The minimum atomic E-state index is -3.42. The van der Waals surface area contributed by atoms with Crippen LogP contribution in [0.5, 0.6) is 0 Å². The summed E-state index contributed by atoms with van der Waals surface area (Å²) in [5.41, 5.74) is 4.76. The number of rotatable bonds is 7. The molecule has 1 heterocycles. The zero-order valence-electron chi connectivity index (χ0n) is 16.6. The van der Waals surface area contributed by atoms with Gasteiger partial charge < -0.3 is 5.32 Å². The molecule has 3 aromatic rings. The Kier molecular flexibility index (Phi) is 6.03. The first-order valence-electron chi connectivity index (χ1n) is 9.15. The molecule has 3 rings (SSSR count). The van der Waals surface area contributed by atoms with Crippen LogP contribution in [0.15, 0.2) is 54.6 Å². The van der Waals surface area contributed by atoms with Crippen molar-refractivity contribution >= 4 is 27.3 Å². The summed E-state index contributed by atoms with van der Waals surface area (Å²) in [6.07, 6.45) is 1.14. The summed E-state index contributed by atoms with van der Waals surface area (Å²) in [7, 11) is -3.42. The first-order valence-corrected chi connectivity index (χ1v) is 11.0. The van der Waals surface area contributed by atoms with Crippen LogP contribution < -0.4 is 10.0 Å². The Labute approximate surface area is 170 Å². The van der Waals surface area contributed by atoms with Crippen LogP contribution in [-0.2, 0) is 27.8 Å².